The summed E-state index contributed by atoms with van der Waals surface area (Å²) < 4.78 is 13.3. The Bertz CT molecular complexity index is 872. The van der Waals surface area contributed by atoms with E-state index in [0.717, 1.165) is 18.4 Å². The molecule has 1 aliphatic rings. The standard InChI is InChI=1S/C21H21FN2O4/c22-16-7-5-15(6-8-16)21(11-1-2-12-21)20(28)24-17-9-3-14(4-10-17)19(27)23-13-18(25)26/h3-10H,1-2,11-13H2,(H,23,27)(H,24,28)(H,25,26). The van der Waals surface area contributed by atoms with Crippen molar-refractivity contribution in [1.29, 1.82) is 0 Å². The van der Waals surface area contributed by atoms with Gasteiger partial charge in [0.25, 0.3) is 5.91 Å². The Labute approximate surface area is 161 Å². The summed E-state index contributed by atoms with van der Waals surface area (Å²) in [4.78, 5) is 35.5. The molecule has 0 radical (unpaired) electrons. The lowest BCUT2D eigenvalue weighted by Gasteiger charge is -2.28. The summed E-state index contributed by atoms with van der Waals surface area (Å²) in [5.41, 5.74) is 0.945. The highest BCUT2D eigenvalue weighted by molar-refractivity contribution is 6.00. The number of carboxylic acids is 1. The van der Waals surface area contributed by atoms with Crippen LogP contribution in [-0.2, 0) is 15.0 Å². The van der Waals surface area contributed by atoms with Gasteiger partial charge in [-0.15, -0.1) is 0 Å². The minimum atomic E-state index is -1.13. The van der Waals surface area contributed by atoms with Crippen LogP contribution in [0.15, 0.2) is 48.5 Å². The molecule has 0 saturated heterocycles. The molecule has 7 heteroatoms. The van der Waals surface area contributed by atoms with E-state index in [2.05, 4.69) is 10.6 Å². The summed E-state index contributed by atoms with van der Waals surface area (Å²) in [6.07, 6.45) is 3.24. The van der Waals surface area contributed by atoms with E-state index < -0.39 is 23.8 Å². The summed E-state index contributed by atoms with van der Waals surface area (Å²) in [7, 11) is 0. The van der Waals surface area contributed by atoms with Gasteiger partial charge in [-0.1, -0.05) is 25.0 Å². The van der Waals surface area contributed by atoms with Crippen LogP contribution in [0, 0.1) is 5.82 Å². The zero-order valence-corrected chi connectivity index (χ0v) is 15.2. The Morgan fingerprint density at radius 2 is 1.57 bits per heavy atom. The number of hydrogen-bond acceptors (Lipinski definition) is 3. The lowest BCUT2D eigenvalue weighted by molar-refractivity contribution is -0.135. The quantitative estimate of drug-likeness (QED) is 0.713. The van der Waals surface area contributed by atoms with Gasteiger partial charge < -0.3 is 15.7 Å². The normalized spacial score (nSPS) is 15.0. The Morgan fingerprint density at radius 1 is 0.964 bits per heavy atom. The highest BCUT2D eigenvalue weighted by Gasteiger charge is 2.42. The zero-order chi connectivity index (χ0) is 20.1. The Kier molecular flexibility index (Phi) is 5.73. The second-order valence-electron chi connectivity index (χ2n) is 6.90. The van der Waals surface area contributed by atoms with Gasteiger partial charge in [0.15, 0.2) is 0 Å². The Balaban J connectivity index is 1.73. The molecular formula is C21H21FN2O4. The minimum absolute atomic E-state index is 0.153. The molecular weight excluding hydrogens is 363 g/mol. The lowest BCUT2D eigenvalue weighted by atomic mass is 9.78. The van der Waals surface area contributed by atoms with Crippen molar-refractivity contribution in [3.05, 3.63) is 65.5 Å². The van der Waals surface area contributed by atoms with Gasteiger partial charge >= 0.3 is 5.97 Å². The van der Waals surface area contributed by atoms with E-state index in [9.17, 15) is 18.8 Å². The van der Waals surface area contributed by atoms with Crippen LogP contribution in [0.1, 0.15) is 41.6 Å². The molecule has 2 aromatic carbocycles. The highest BCUT2D eigenvalue weighted by Crippen LogP contribution is 2.42. The average molecular weight is 384 g/mol. The summed E-state index contributed by atoms with van der Waals surface area (Å²) in [5.74, 6) is -2.12. The van der Waals surface area contributed by atoms with Gasteiger partial charge in [0.05, 0.1) is 5.41 Å². The largest absolute Gasteiger partial charge is 0.480 e. The van der Waals surface area contributed by atoms with Gasteiger partial charge in [0, 0.05) is 11.3 Å². The third kappa shape index (κ3) is 4.19. The number of rotatable bonds is 6. The highest BCUT2D eigenvalue weighted by atomic mass is 19.1. The van der Waals surface area contributed by atoms with Crippen molar-refractivity contribution in [3.63, 3.8) is 0 Å². The van der Waals surface area contributed by atoms with E-state index in [1.807, 2.05) is 0 Å². The van der Waals surface area contributed by atoms with Gasteiger partial charge in [-0.25, -0.2) is 4.39 Å². The third-order valence-electron chi connectivity index (χ3n) is 5.09. The van der Waals surface area contributed by atoms with E-state index in [-0.39, 0.29) is 11.7 Å². The van der Waals surface area contributed by atoms with Crippen molar-refractivity contribution in [2.45, 2.75) is 31.1 Å². The molecule has 0 unspecified atom stereocenters. The number of benzene rings is 2. The number of carboxylic acid groups (broad SMARTS) is 1. The van der Waals surface area contributed by atoms with Crippen LogP contribution < -0.4 is 10.6 Å². The maximum absolute atomic E-state index is 13.3. The monoisotopic (exact) mass is 384 g/mol. The fraction of sp³-hybridized carbons (Fsp3) is 0.286. The lowest BCUT2D eigenvalue weighted by Crippen LogP contribution is -2.38. The maximum atomic E-state index is 13.3. The summed E-state index contributed by atoms with van der Waals surface area (Å²) in [6.45, 7) is -0.461. The first-order chi connectivity index (χ1) is 13.4. The molecule has 2 aromatic rings. The van der Waals surface area contributed by atoms with Gasteiger partial charge in [-0.3, -0.25) is 14.4 Å². The minimum Gasteiger partial charge on any atom is -0.480 e. The predicted molar refractivity (Wildman–Crippen MR) is 102 cm³/mol. The van der Waals surface area contributed by atoms with Crippen molar-refractivity contribution < 1.29 is 23.9 Å². The van der Waals surface area contributed by atoms with Crippen LogP contribution in [0.2, 0.25) is 0 Å². The summed E-state index contributed by atoms with van der Waals surface area (Å²) in [6, 6.07) is 12.3. The first-order valence-corrected chi connectivity index (χ1v) is 9.08. The zero-order valence-electron chi connectivity index (χ0n) is 15.2. The molecule has 0 aliphatic heterocycles. The molecule has 2 amide bonds. The average Bonchev–Trinajstić information content (AvgIpc) is 3.18. The smallest absolute Gasteiger partial charge is 0.322 e. The van der Waals surface area contributed by atoms with E-state index in [4.69, 9.17) is 5.11 Å². The van der Waals surface area contributed by atoms with Crippen molar-refractivity contribution in [3.8, 4) is 0 Å². The number of amides is 2. The van der Waals surface area contributed by atoms with Crippen LogP contribution in [-0.4, -0.2) is 29.4 Å². The summed E-state index contributed by atoms with van der Waals surface area (Å²) in [5, 5.41) is 13.8. The second-order valence-corrected chi connectivity index (χ2v) is 6.90. The first kappa shape index (κ1) is 19.5. The molecule has 3 rings (SSSR count). The summed E-state index contributed by atoms with van der Waals surface area (Å²) >= 11 is 0. The van der Waals surface area contributed by atoms with Crippen LogP contribution in [0.4, 0.5) is 10.1 Å². The van der Waals surface area contributed by atoms with E-state index in [1.54, 1.807) is 24.3 Å². The molecule has 0 aromatic heterocycles. The van der Waals surface area contributed by atoms with Gasteiger partial charge in [0.2, 0.25) is 5.91 Å². The van der Waals surface area contributed by atoms with Crippen molar-refractivity contribution in [2.75, 3.05) is 11.9 Å². The van der Waals surface area contributed by atoms with Crippen molar-refractivity contribution in [2.24, 2.45) is 0 Å². The molecule has 0 atom stereocenters. The van der Waals surface area contributed by atoms with Gasteiger partial charge in [0.1, 0.15) is 12.4 Å². The molecule has 0 spiro atoms. The third-order valence-corrected chi connectivity index (χ3v) is 5.09. The number of anilines is 1. The SMILES string of the molecule is O=C(O)CNC(=O)c1ccc(NC(=O)C2(c3ccc(F)cc3)CCCC2)cc1. The number of hydrogen-bond donors (Lipinski definition) is 3. The topological polar surface area (TPSA) is 95.5 Å². The number of aliphatic carboxylic acids is 1. The number of halogens is 1. The molecule has 0 heterocycles. The van der Waals surface area contributed by atoms with Crippen LogP contribution in [0.5, 0.6) is 0 Å². The fourth-order valence-electron chi connectivity index (χ4n) is 3.61. The van der Waals surface area contributed by atoms with E-state index >= 15 is 0 Å². The van der Waals surface area contributed by atoms with Crippen molar-refractivity contribution >= 4 is 23.5 Å². The Morgan fingerprint density at radius 3 is 2.14 bits per heavy atom. The predicted octanol–water partition coefficient (Wildman–Crippen LogP) is 3.09. The molecule has 1 aliphatic carbocycles. The van der Waals surface area contributed by atoms with E-state index in [1.165, 1.54) is 24.3 Å². The molecule has 28 heavy (non-hydrogen) atoms. The molecule has 6 nitrogen and oxygen atoms in total. The van der Waals surface area contributed by atoms with Crippen LogP contribution >= 0.6 is 0 Å². The van der Waals surface area contributed by atoms with Crippen LogP contribution in [0.25, 0.3) is 0 Å². The van der Waals surface area contributed by atoms with E-state index in [0.29, 0.717) is 24.1 Å². The number of carbonyl (C=O) groups excluding carboxylic acids is 2. The first-order valence-electron chi connectivity index (χ1n) is 9.08. The fourth-order valence-corrected chi connectivity index (χ4v) is 3.61. The molecule has 3 N–H and O–H groups in total. The number of carbonyl (C=O) groups is 3. The molecule has 1 fully saturated rings. The number of nitrogens with one attached hydrogen (secondary N) is 2. The molecule has 146 valence electrons. The maximum Gasteiger partial charge on any atom is 0.322 e. The van der Waals surface area contributed by atoms with Crippen LogP contribution in [0.3, 0.4) is 0 Å². The van der Waals surface area contributed by atoms with Gasteiger partial charge in [-0.2, -0.15) is 0 Å². The van der Waals surface area contributed by atoms with Gasteiger partial charge in [-0.05, 0) is 54.8 Å². The Hall–Kier alpha value is -3.22. The second kappa shape index (κ2) is 8.21. The van der Waals surface area contributed by atoms with Crippen molar-refractivity contribution in [1.82, 2.24) is 5.32 Å². The molecule has 1 saturated carbocycles. The molecule has 0 bridgehead atoms.